The second kappa shape index (κ2) is 8.79. The van der Waals surface area contributed by atoms with E-state index in [0.717, 1.165) is 72.5 Å². The molecule has 0 aliphatic carbocycles. The molecule has 2 bridgehead atoms. The zero-order valence-corrected chi connectivity index (χ0v) is 18.6. The van der Waals surface area contributed by atoms with Crippen LogP contribution < -0.4 is 0 Å². The van der Waals surface area contributed by atoms with Gasteiger partial charge in [-0.1, -0.05) is 38.3 Å². The molecular formula is C25H33N4O2+. The summed E-state index contributed by atoms with van der Waals surface area (Å²) in [5.41, 5.74) is 3.57. The van der Waals surface area contributed by atoms with Crippen molar-refractivity contribution in [1.82, 2.24) is 9.97 Å². The van der Waals surface area contributed by atoms with Gasteiger partial charge >= 0.3 is 5.97 Å². The fourth-order valence-electron chi connectivity index (χ4n) is 4.90. The molecule has 3 fully saturated rings. The lowest BCUT2D eigenvalue weighted by molar-refractivity contribution is -0.958. The Bertz CT molecular complexity index is 980. The van der Waals surface area contributed by atoms with Crippen LogP contribution in [0.4, 0.5) is 0 Å². The topological polar surface area (TPSA) is 67.3 Å². The summed E-state index contributed by atoms with van der Waals surface area (Å²) in [4.78, 5) is 25.9. The minimum atomic E-state index is -0.697. The van der Waals surface area contributed by atoms with Crippen molar-refractivity contribution in [3.63, 3.8) is 0 Å². The van der Waals surface area contributed by atoms with Crippen LogP contribution in [0.1, 0.15) is 38.9 Å². The Kier molecular flexibility index (Phi) is 6.10. The molecule has 0 spiro atoms. The summed E-state index contributed by atoms with van der Waals surface area (Å²) >= 11 is 0. The van der Waals surface area contributed by atoms with E-state index in [9.17, 15) is 4.79 Å². The highest BCUT2D eigenvalue weighted by molar-refractivity contribution is 5.88. The van der Waals surface area contributed by atoms with Crippen LogP contribution in [0, 0.1) is 5.92 Å². The number of aromatic amines is 1. The molecule has 0 radical (unpaired) electrons. The minimum absolute atomic E-state index is 0.0865. The van der Waals surface area contributed by atoms with Gasteiger partial charge in [-0.2, -0.15) is 0 Å². The van der Waals surface area contributed by atoms with E-state index in [1.165, 1.54) is 0 Å². The summed E-state index contributed by atoms with van der Waals surface area (Å²) in [5, 5.41) is 0. The number of imidazole rings is 1. The predicted octanol–water partition coefficient (Wildman–Crippen LogP) is 4.20. The number of benzene rings is 1. The monoisotopic (exact) mass is 421 g/mol. The van der Waals surface area contributed by atoms with Gasteiger partial charge in [-0.15, -0.1) is 0 Å². The van der Waals surface area contributed by atoms with E-state index >= 15 is 0 Å². The molecule has 2 aromatic rings. The molecule has 1 aromatic carbocycles. The third-order valence-corrected chi connectivity index (χ3v) is 6.93. The van der Waals surface area contributed by atoms with E-state index in [1.807, 2.05) is 32.0 Å². The summed E-state index contributed by atoms with van der Waals surface area (Å²) in [5.74, 6) is 1.12. The Labute approximate surface area is 184 Å². The van der Waals surface area contributed by atoms with E-state index < -0.39 is 6.04 Å². The van der Waals surface area contributed by atoms with Crippen LogP contribution in [0.25, 0.3) is 11.0 Å². The molecule has 6 nitrogen and oxygen atoms in total. The normalized spacial score (nSPS) is 26.6. The second-order valence-electron chi connectivity index (χ2n) is 9.04. The Morgan fingerprint density at radius 3 is 2.81 bits per heavy atom. The predicted molar refractivity (Wildman–Crippen MR) is 124 cm³/mol. The third-order valence-electron chi connectivity index (χ3n) is 6.93. The first-order chi connectivity index (χ1) is 14.9. The first-order valence-electron chi connectivity index (χ1n) is 11.3. The zero-order chi connectivity index (χ0) is 22.0. The molecule has 164 valence electrons. The van der Waals surface area contributed by atoms with E-state index in [4.69, 9.17) is 9.72 Å². The molecule has 0 amide bonds. The number of rotatable bonds is 8. The van der Waals surface area contributed by atoms with Gasteiger partial charge in [0.05, 0.1) is 24.1 Å². The molecule has 2 atom stereocenters. The molecule has 6 heteroatoms. The highest BCUT2D eigenvalue weighted by Gasteiger charge is 2.48. The van der Waals surface area contributed by atoms with Crippen molar-refractivity contribution in [1.29, 1.82) is 0 Å². The zero-order valence-electron chi connectivity index (χ0n) is 18.6. The Morgan fingerprint density at radius 2 is 2.13 bits per heavy atom. The third kappa shape index (κ3) is 4.49. The lowest BCUT2D eigenvalue weighted by atomic mass is 9.83. The van der Waals surface area contributed by atoms with Crippen molar-refractivity contribution in [2.24, 2.45) is 10.9 Å². The quantitative estimate of drug-likeness (QED) is 0.301. The lowest BCUT2D eigenvalue weighted by Gasteiger charge is -2.51. The average molecular weight is 422 g/mol. The number of carbonyl (C=O) groups excluding carboxylic acids is 1. The van der Waals surface area contributed by atoms with Gasteiger partial charge in [0.1, 0.15) is 13.1 Å². The molecule has 31 heavy (non-hydrogen) atoms. The number of fused-ring (bicyclic) bond motifs is 4. The first-order valence-corrected chi connectivity index (χ1v) is 11.3. The fraction of sp³-hybridized carbons (Fsp3) is 0.480. The number of aliphatic imine (C=N–C) groups is 1. The standard InChI is InChI=1S/C25H33N4O2/c1-5-17(3)24(26-18(4)6-2)25(30)31-22-15-29(13-11-19(22)12-14-29)16-23-27-20-9-7-8-10-21(20)28-23/h5,7-10,19,22,24H,1,3,6,11-16H2,2,4H3,(H,27,28)/q+1. The van der Waals surface area contributed by atoms with Crippen molar-refractivity contribution in [2.75, 3.05) is 19.6 Å². The van der Waals surface area contributed by atoms with Crippen molar-refractivity contribution < 1.29 is 14.0 Å². The number of para-hydroxylation sites is 2. The van der Waals surface area contributed by atoms with Crippen LogP contribution in [-0.2, 0) is 16.1 Å². The van der Waals surface area contributed by atoms with E-state index in [0.29, 0.717) is 11.5 Å². The number of piperidine rings is 3. The smallest absolute Gasteiger partial charge is 0.335 e. The molecule has 1 N–H and O–H groups in total. The van der Waals surface area contributed by atoms with E-state index in [1.54, 1.807) is 6.08 Å². The van der Waals surface area contributed by atoms with E-state index in [2.05, 4.69) is 29.2 Å². The fourth-order valence-corrected chi connectivity index (χ4v) is 4.90. The molecule has 3 saturated heterocycles. The van der Waals surface area contributed by atoms with Crippen LogP contribution >= 0.6 is 0 Å². The first kappa shape index (κ1) is 21.5. The van der Waals surface area contributed by atoms with Crippen molar-refractivity contribution in [2.45, 2.75) is 51.8 Å². The van der Waals surface area contributed by atoms with Gasteiger partial charge in [-0.3, -0.25) is 4.99 Å². The minimum Gasteiger partial charge on any atom is -0.454 e. The Balaban J connectivity index is 1.49. The van der Waals surface area contributed by atoms with Crippen molar-refractivity contribution >= 4 is 22.7 Å². The highest BCUT2D eigenvalue weighted by Crippen LogP contribution is 2.37. The lowest BCUT2D eigenvalue weighted by Crippen LogP contribution is -2.64. The van der Waals surface area contributed by atoms with Crippen LogP contribution in [0.5, 0.6) is 0 Å². The maximum atomic E-state index is 13.1. The maximum absolute atomic E-state index is 13.1. The number of esters is 1. The van der Waals surface area contributed by atoms with Crippen molar-refractivity contribution in [3.05, 3.63) is 54.9 Å². The number of nitrogens with one attached hydrogen (secondary N) is 1. The Hall–Kier alpha value is -2.73. The van der Waals surface area contributed by atoms with Crippen molar-refractivity contribution in [3.8, 4) is 0 Å². The maximum Gasteiger partial charge on any atom is 0.335 e. The van der Waals surface area contributed by atoms with Crippen LogP contribution in [0.15, 0.2) is 54.1 Å². The van der Waals surface area contributed by atoms with Crippen LogP contribution in [-0.4, -0.2) is 57.9 Å². The van der Waals surface area contributed by atoms with Gasteiger partial charge in [-0.05, 0) is 31.1 Å². The highest BCUT2D eigenvalue weighted by atomic mass is 16.5. The van der Waals surface area contributed by atoms with Crippen LogP contribution in [0.3, 0.4) is 0 Å². The number of carbonyl (C=O) groups is 1. The SMILES string of the molecule is C=CC(=C)C(N=C(C)CC)C(=O)OC1C[N+]2(Cc3nc4ccccc4[nH]3)CCC1CC2. The number of ether oxygens (including phenoxy) is 1. The summed E-state index contributed by atoms with van der Waals surface area (Å²) in [6.45, 7) is 15.6. The largest absolute Gasteiger partial charge is 0.454 e. The second-order valence-corrected chi connectivity index (χ2v) is 9.04. The summed E-state index contributed by atoms with van der Waals surface area (Å²) in [7, 11) is 0. The van der Waals surface area contributed by atoms with Gasteiger partial charge in [0, 0.05) is 24.5 Å². The molecule has 0 saturated carbocycles. The number of nitrogens with zero attached hydrogens (tertiary/aromatic N) is 3. The van der Waals surface area contributed by atoms with Gasteiger partial charge in [0.25, 0.3) is 0 Å². The summed E-state index contributed by atoms with van der Waals surface area (Å²) < 4.78 is 6.99. The number of H-pyrrole nitrogens is 1. The van der Waals surface area contributed by atoms with Gasteiger partial charge in [0.2, 0.25) is 0 Å². The molecule has 5 rings (SSSR count). The van der Waals surface area contributed by atoms with Crippen LogP contribution in [0.2, 0.25) is 0 Å². The molecular weight excluding hydrogens is 388 g/mol. The Morgan fingerprint density at radius 1 is 1.39 bits per heavy atom. The van der Waals surface area contributed by atoms with E-state index in [-0.39, 0.29) is 12.1 Å². The van der Waals surface area contributed by atoms with Gasteiger partial charge in [-0.25, -0.2) is 9.78 Å². The summed E-state index contributed by atoms with van der Waals surface area (Å²) in [6.07, 6.45) is 4.45. The molecule has 3 aliphatic heterocycles. The average Bonchev–Trinajstić information content (AvgIpc) is 3.18. The number of aromatic nitrogens is 2. The molecule has 4 heterocycles. The molecule has 2 unspecified atom stereocenters. The number of hydrogen-bond donors (Lipinski definition) is 1. The number of quaternary nitrogens is 1. The molecule has 3 aliphatic rings. The molecule has 1 aromatic heterocycles. The number of hydrogen-bond acceptors (Lipinski definition) is 4. The summed E-state index contributed by atoms with van der Waals surface area (Å²) in [6, 6.07) is 7.43. The van der Waals surface area contributed by atoms with Gasteiger partial charge in [0.15, 0.2) is 18.0 Å². The van der Waals surface area contributed by atoms with Gasteiger partial charge < -0.3 is 14.2 Å².